The average Bonchev–Trinajstić information content (AvgIpc) is 3.48. The van der Waals surface area contributed by atoms with E-state index >= 15 is 0 Å². The Morgan fingerprint density at radius 1 is 1.09 bits per heavy atom. The molecule has 0 saturated heterocycles. The zero-order chi connectivity index (χ0) is 22.8. The maximum Gasteiger partial charge on any atom is 0.327 e. The summed E-state index contributed by atoms with van der Waals surface area (Å²) in [6.45, 7) is 4.03. The van der Waals surface area contributed by atoms with Gasteiger partial charge >= 0.3 is 5.97 Å². The number of rotatable bonds is 6. The van der Waals surface area contributed by atoms with Gasteiger partial charge in [-0.2, -0.15) is 5.10 Å². The molecule has 0 radical (unpaired) electrons. The van der Waals surface area contributed by atoms with Crippen molar-refractivity contribution < 1.29 is 9.53 Å². The third kappa shape index (κ3) is 4.18. The highest BCUT2D eigenvalue weighted by atomic mass is 16.5. The van der Waals surface area contributed by atoms with Gasteiger partial charge in [0, 0.05) is 29.2 Å². The second-order valence-electron chi connectivity index (χ2n) is 7.38. The first-order valence-electron chi connectivity index (χ1n) is 10.4. The first kappa shape index (κ1) is 20.4. The zero-order valence-electron chi connectivity index (χ0n) is 18.1. The molecule has 1 N–H and O–H groups in total. The largest absolute Gasteiger partial charge is 0.465 e. The number of carbonyl (C=O) groups excluding carboxylic acids is 1. The summed E-state index contributed by atoms with van der Waals surface area (Å²) in [5.74, 6) is -0.365. The zero-order valence-corrected chi connectivity index (χ0v) is 18.1. The topological polar surface area (TPSA) is 124 Å². The molecular formula is C23H20N8O2. The lowest BCUT2D eigenvalue weighted by Gasteiger charge is -2.05. The van der Waals surface area contributed by atoms with Gasteiger partial charge < -0.3 is 4.74 Å². The smallest absolute Gasteiger partial charge is 0.327 e. The molecule has 0 aliphatic carbocycles. The van der Waals surface area contributed by atoms with Gasteiger partial charge in [0.05, 0.1) is 35.2 Å². The number of fused-ring (bicyclic) bond motifs is 1. The lowest BCUT2D eigenvalue weighted by molar-refractivity contribution is -0.144. The molecule has 5 heterocycles. The molecule has 0 unspecified atom stereocenters. The highest BCUT2D eigenvalue weighted by molar-refractivity contribution is 5.84. The fourth-order valence-electron chi connectivity index (χ4n) is 3.50. The number of pyridine rings is 3. The second kappa shape index (κ2) is 8.58. The van der Waals surface area contributed by atoms with E-state index in [2.05, 4.69) is 30.5 Å². The van der Waals surface area contributed by atoms with Crippen LogP contribution in [0.4, 0.5) is 0 Å². The molecule has 0 saturated carbocycles. The Morgan fingerprint density at radius 3 is 2.85 bits per heavy atom. The van der Waals surface area contributed by atoms with Crippen LogP contribution < -0.4 is 0 Å². The number of aromatic nitrogens is 8. The van der Waals surface area contributed by atoms with E-state index in [1.165, 1.54) is 4.68 Å². The number of nitrogens with one attached hydrogen (secondary N) is 1. The average molecular weight is 440 g/mol. The maximum absolute atomic E-state index is 11.7. The normalized spacial score (nSPS) is 11.1. The highest BCUT2D eigenvalue weighted by Crippen LogP contribution is 2.29. The van der Waals surface area contributed by atoms with E-state index in [1.54, 1.807) is 19.3 Å². The molecule has 5 aromatic rings. The fraction of sp³-hybridized carbons (Fsp3) is 0.174. The van der Waals surface area contributed by atoms with Gasteiger partial charge in [-0.1, -0.05) is 11.3 Å². The molecule has 0 bridgehead atoms. The Kier molecular flexibility index (Phi) is 5.31. The molecule has 0 amide bonds. The second-order valence-corrected chi connectivity index (χ2v) is 7.38. The summed E-state index contributed by atoms with van der Waals surface area (Å²) in [5, 5.41) is 15.5. The standard InChI is InChI=1S/C23H20N8O2/c1-3-33-22(32)13-31-12-21(28-30-31)15-9-20-18(24-10-15)8-7-17(27-20)16-11-25-29-23(16)19-6-4-5-14(2)26-19/h4-12H,3,13H2,1-2H3,(H,25,29). The minimum atomic E-state index is -0.365. The molecule has 0 atom stereocenters. The van der Waals surface area contributed by atoms with Crippen molar-refractivity contribution in [1.82, 2.24) is 40.1 Å². The number of ether oxygens (including phenoxy) is 1. The van der Waals surface area contributed by atoms with E-state index in [0.29, 0.717) is 17.8 Å². The van der Waals surface area contributed by atoms with Crippen LogP contribution in [0, 0.1) is 6.92 Å². The Labute approximate surface area is 188 Å². The first-order valence-corrected chi connectivity index (χ1v) is 10.4. The SMILES string of the molecule is CCOC(=O)Cn1cc(-c2cnc3ccc(-c4c[nH]nc4-c4cccc(C)n4)nc3c2)nn1. The molecule has 164 valence electrons. The van der Waals surface area contributed by atoms with E-state index in [9.17, 15) is 4.79 Å². The maximum atomic E-state index is 11.7. The minimum Gasteiger partial charge on any atom is -0.465 e. The van der Waals surface area contributed by atoms with Crippen molar-refractivity contribution in [2.75, 3.05) is 6.61 Å². The van der Waals surface area contributed by atoms with Gasteiger partial charge in [0.2, 0.25) is 0 Å². The van der Waals surface area contributed by atoms with E-state index in [4.69, 9.17) is 9.72 Å². The van der Waals surface area contributed by atoms with Crippen molar-refractivity contribution in [3.8, 4) is 33.9 Å². The van der Waals surface area contributed by atoms with E-state index in [-0.39, 0.29) is 12.5 Å². The summed E-state index contributed by atoms with van der Waals surface area (Å²) in [4.78, 5) is 25.6. The van der Waals surface area contributed by atoms with Crippen LogP contribution in [-0.2, 0) is 16.1 Å². The number of esters is 1. The van der Waals surface area contributed by atoms with Gasteiger partial charge in [-0.3, -0.25) is 19.9 Å². The Bertz CT molecular complexity index is 1460. The summed E-state index contributed by atoms with van der Waals surface area (Å²) in [6, 6.07) is 11.5. The monoisotopic (exact) mass is 440 g/mol. The number of nitrogens with zero attached hydrogens (tertiary/aromatic N) is 7. The van der Waals surface area contributed by atoms with Crippen molar-refractivity contribution in [2.24, 2.45) is 0 Å². The van der Waals surface area contributed by atoms with Crippen LogP contribution in [-0.4, -0.2) is 52.7 Å². The van der Waals surface area contributed by atoms with Crippen LogP contribution in [0.1, 0.15) is 12.6 Å². The Balaban J connectivity index is 1.48. The molecule has 0 aliphatic heterocycles. The molecule has 33 heavy (non-hydrogen) atoms. The van der Waals surface area contributed by atoms with Crippen molar-refractivity contribution >= 4 is 17.0 Å². The molecule has 10 heteroatoms. The molecule has 5 aromatic heterocycles. The van der Waals surface area contributed by atoms with Gasteiger partial charge in [0.15, 0.2) is 0 Å². The van der Waals surface area contributed by atoms with Crippen LogP contribution in [0.15, 0.2) is 55.0 Å². The molecule has 0 spiro atoms. The Morgan fingerprint density at radius 2 is 2.00 bits per heavy atom. The van der Waals surface area contributed by atoms with Gasteiger partial charge in [-0.15, -0.1) is 5.10 Å². The summed E-state index contributed by atoms with van der Waals surface area (Å²) >= 11 is 0. The summed E-state index contributed by atoms with van der Waals surface area (Å²) < 4.78 is 6.39. The summed E-state index contributed by atoms with van der Waals surface area (Å²) in [7, 11) is 0. The van der Waals surface area contributed by atoms with Crippen LogP contribution in [0.25, 0.3) is 44.9 Å². The van der Waals surface area contributed by atoms with Crippen molar-refractivity contribution in [1.29, 1.82) is 0 Å². The van der Waals surface area contributed by atoms with Crippen molar-refractivity contribution in [2.45, 2.75) is 20.4 Å². The molecule has 0 fully saturated rings. The number of H-pyrrole nitrogens is 1. The molecule has 5 rings (SSSR count). The summed E-state index contributed by atoms with van der Waals surface area (Å²) in [6.07, 6.45) is 5.20. The number of hydrogen-bond acceptors (Lipinski definition) is 8. The first-order chi connectivity index (χ1) is 16.1. The van der Waals surface area contributed by atoms with Crippen LogP contribution in [0.2, 0.25) is 0 Å². The van der Waals surface area contributed by atoms with Crippen LogP contribution in [0.5, 0.6) is 0 Å². The minimum absolute atomic E-state index is 0.000506. The number of aromatic amines is 1. The lowest BCUT2D eigenvalue weighted by atomic mass is 10.1. The van der Waals surface area contributed by atoms with Crippen LogP contribution in [0.3, 0.4) is 0 Å². The molecule has 0 aromatic carbocycles. The van der Waals surface area contributed by atoms with Gasteiger partial charge in [0.1, 0.15) is 17.9 Å². The Hall–Kier alpha value is -4.47. The van der Waals surface area contributed by atoms with E-state index < -0.39 is 0 Å². The predicted octanol–water partition coefficient (Wildman–Crippen LogP) is 3.21. The van der Waals surface area contributed by atoms with Gasteiger partial charge in [-0.25, -0.2) is 9.67 Å². The van der Waals surface area contributed by atoms with Gasteiger partial charge in [-0.05, 0) is 44.2 Å². The molecule has 0 aliphatic rings. The molecular weight excluding hydrogens is 420 g/mol. The molecule has 10 nitrogen and oxygen atoms in total. The third-order valence-electron chi connectivity index (χ3n) is 5.02. The quantitative estimate of drug-likeness (QED) is 0.399. The highest BCUT2D eigenvalue weighted by Gasteiger charge is 2.15. The number of aryl methyl sites for hydroxylation is 1. The fourth-order valence-corrected chi connectivity index (χ4v) is 3.50. The van der Waals surface area contributed by atoms with Crippen molar-refractivity contribution in [3.05, 3.63) is 60.7 Å². The number of carbonyl (C=O) groups is 1. The third-order valence-corrected chi connectivity index (χ3v) is 5.02. The van der Waals surface area contributed by atoms with Gasteiger partial charge in [0.25, 0.3) is 0 Å². The summed E-state index contributed by atoms with van der Waals surface area (Å²) in [5.41, 5.74) is 6.81. The lowest BCUT2D eigenvalue weighted by Crippen LogP contribution is -2.13. The van der Waals surface area contributed by atoms with E-state index in [0.717, 1.165) is 39.4 Å². The van der Waals surface area contributed by atoms with Crippen LogP contribution >= 0.6 is 0 Å². The van der Waals surface area contributed by atoms with Crippen molar-refractivity contribution in [3.63, 3.8) is 0 Å². The predicted molar refractivity (Wildman–Crippen MR) is 121 cm³/mol. The van der Waals surface area contributed by atoms with E-state index in [1.807, 2.05) is 49.5 Å². The number of hydrogen-bond donors (Lipinski definition) is 1.